The smallest absolute Gasteiger partial charge is 0.265 e. The van der Waals surface area contributed by atoms with Crippen LogP contribution in [0.5, 0.6) is 0 Å². The van der Waals surface area contributed by atoms with Crippen LogP contribution in [0.15, 0.2) is 15.5 Å². The molecule has 24 heavy (non-hydrogen) atoms. The van der Waals surface area contributed by atoms with Gasteiger partial charge < -0.3 is 19.0 Å². The van der Waals surface area contributed by atoms with Gasteiger partial charge in [-0.15, -0.1) is 0 Å². The van der Waals surface area contributed by atoms with E-state index in [0.29, 0.717) is 12.3 Å². The molecular weight excluding hydrogens is 312 g/mol. The van der Waals surface area contributed by atoms with Crippen LogP contribution in [0.2, 0.25) is 0 Å². The lowest BCUT2D eigenvalue weighted by atomic mass is 10.1. The predicted molar refractivity (Wildman–Crippen MR) is 88.2 cm³/mol. The Kier molecular flexibility index (Phi) is 4.96. The van der Waals surface area contributed by atoms with E-state index in [0.717, 1.165) is 39.3 Å². The van der Waals surface area contributed by atoms with E-state index in [9.17, 15) is 9.59 Å². The van der Waals surface area contributed by atoms with Gasteiger partial charge in [-0.25, -0.2) is 4.98 Å². The molecule has 0 unspecified atom stereocenters. The molecule has 0 saturated carbocycles. The van der Waals surface area contributed by atoms with Crippen LogP contribution < -0.4 is 10.9 Å². The Balaban J connectivity index is 1.64. The van der Waals surface area contributed by atoms with Gasteiger partial charge in [0.1, 0.15) is 17.5 Å². The number of carbonyl (C=O) groups is 1. The zero-order valence-electron chi connectivity index (χ0n) is 14.0. The molecule has 1 aliphatic rings. The van der Waals surface area contributed by atoms with Crippen molar-refractivity contribution in [2.45, 2.75) is 13.3 Å². The molecule has 1 N–H and O–H groups in total. The minimum absolute atomic E-state index is 0.203. The fourth-order valence-corrected chi connectivity index (χ4v) is 2.88. The van der Waals surface area contributed by atoms with Crippen molar-refractivity contribution in [3.63, 3.8) is 0 Å². The number of nitrogens with zero attached hydrogens (tertiary/aromatic N) is 3. The zero-order chi connectivity index (χ0) is 17.1. The van der Waals surface area contributed by atoms with Crippen molar-refractivity contribution in [1.82, 2.24) is 19.8 Å². The summed E-state index contributed by atoms with van der Waals surface area (Å²) in [6.07, 6.45) is 2.23. The maximum absolute atomic E-state index is 12.5. The van der Waals surface area contributed by atoms with Gasteiger partial charge in [-0.1, -0.05) is 0 Å². The van der Waals surface area contributed by atoms with Gasteiger partial charge in [0.25, 0.3) is 11.5 Å². The fraction of sp³-hybridized carbons (Fsp3) is 0.562. The summed E-state index contributed by atoms with van der Waals surface area (Å²) >= 11 is 0. The molecule has 2 aromatic rings. The molecule has 8 heteroatoms. The Bertz CT molecular complexity index is 789. The van der Waals surface area contributed by atoms with Crippen LogP contribution in [-0.2, 0) is 11.8 Å². The molecular formula is C16H22N4O4. The molecule has 2 aromatic heterocycles. The maximum Gasteiger partial charge on any atom is 0.265 e. The SMILES string of the molecule is Cc1oc2ncn(C)c(=O)c2c1C(=O)NCCCN1CCOCC1. The lowest BCUT2D eigenvalue weighted by Crippen LogP contribution is -2.38. The molecule has 1 fully saturated rings. The molecule has 1 aliphatic heterocycles. The van der Waals surface area contributed by atoms with Crippen LogP contribution in [0.1, 0.15) is 22.5 Å². The summed E-state index contributed by atoms with van der Waals surface area (Å²) in [4.78, 5) is 31.1. The third-order valence-electron chi connectivity index (χ3n) is 4.22. The summed E-state index contributed by atoms with van der Waals surface area (Å²) in [5.41, 5.74) is 0.203. The van der Waals surface area contributed by atoms with E-state index in [2.05, 4.69) is 15.2 Å². The maximum atomic E-state index is 12.5. The lowest BCUT2D eigenvalue weighted by Gasteiger charge is -2.26. The first kappa shape index (κ1) is 16.7. The largest absolute Gasteiger partial charge is 0.442 e. The third-order valence-corrected chi connectivity index (χ3v) is 4.22. The number of amides is 1. The second-order valence-electron chi connectivity index (χ2n) is 5.94. The minimum atomic E-state index is -0.293. The molecule has 0 radical (unpaired) electrons. The Morgan fingerprint density at radius 3 is 2.88 bits per heavy atom. The summed E-state index contributed by atoms with van der Waals surface area (Å²) in [5, 5.41) is 3.11. The molecule has 130 valence electrons. The number of aryl methyl sites for hydroxylation is 2. The Morgan fingerprint density at radius 2 is 2.12 bits per heavy atom. The number of rotatable bonds is 5. The first-order chi connectivity index (χ1) is 11.6. The summed E-state index contributed by atoms with van der Waals surface area (Å²) in [6.45, 7) is 6.53. The van der Waals surface area contributed by atoms with Gasteiger partial charge in [-0.3, -0.25) is 14.5 Å². The van der Waals surface area contributed by atoms with Crippen molar-refractivity contribution < 1.29 is 13.9 Å². The average molecular weight is 334 g/mol. The molecule has 3 rings (SSSR count). The second-order valence-corrected chi connectivity index (χ2v) is 5.94. The Labute approximate surface area is 139 Å². The molecule has 1 amide bonds. The van der Waals surface area contributed by atoms with E-state index in [1.165, 1.54) is 10.9 Å². The topological polar surface area (TPSA) is 89.6 Å². The van der Waals surface area contributed by atoms with Crippen LogP contribution in [0.4, 0.5) is 0 Å². The van der Waals surface area contributed by atoms with E-state index in [4.69, 9.17) is 9.15 Å². The zero-order valence-corrected chi connectivity index (χ0v) is 14.0. The van der Waals surface area contributed by atoms with Crippen LogP contribution in [-0.4, -0.2) is 59.8 Å². The van der Waals surface area contributed by atoms with E-state index in [-0.39, 0.29) is 28.1 Å². The highest BCUT2D eigenvalue weighted by atomic mass is 16.5. The van der Waals surface area contributed by atoms with Crippen molar-refractivity contribution in [3.8, 4) is 0 Å². The van der Waals surface area contributed by atoms with E-state index < -0.39 is 0 Å². The van der Waals surface area contributed by atoms with Crippen molar-refractivity contribution in [3.05, 3.63) is 28.0 Å². The van der Waals surface area contributed by atoms with Crippen molar-refractivity contribution in [1.29, 1.82) is 0 Å². The van der Waals surface area contributed by atoms with Gasteiger partial charge in [0.05, 0.1) is 18.8 Å². The number of ether oxygens (including phenoxy) is 1. The van der Waals surface area contributed by atoms with E-state index in [1.807, 2.05) is 0 Å². The van der Waals surface area contributed by atoms with E-state index in [1.54, 1.807) is 14.0 Å². The minimum Gasteiger partial charge on any atom is -0.442 e. The molecule has 0 atom stereocenters. The predicted octanol–water partition coefficient (Wildman–Crippen LogP) is 0.287. The number of furan rings is 1. The van der Waals surface area contributed by atoms with Gasteiger partial charge >= 0.3 is 0 Å². The quantitative estimate of drug-likeness (QED) is 0.791. The van der Waals surface area contributed by atoms with Crippen LogP contribution in [0, 0.1) is 6.92 Å². The summed E-state index contributed by atoms with van der Waals surface area (Å²) < 4.78 is 12.1. The normalized spacial score (nSPS) is 15.8. The number of nitrogens with one attached hydrogen (secondary N) is 1. The highest BCUT2D eigenvalue weighted by Crippen LogP contribution is 2.20. The average Bonchev–Trinajstić information content (AvgIpc) is 2.93. The van der Waals surface area contributed by atoms with Gasteiger partial charge in [0, 0.05) is 26.7 Å². The van der Waals surface area contributed by atoms with Crippen LogP contribution in [0.25, 0.3) is 11.1 Å². The van der Waals surface area contributed by atoms with Crippen LogP contribution in [0.3, 0.4) is 0 Å². The number of hydrogen-bond donors (Lipinski definition) is 1. The van der Waals surface area contributed by atoms with Crippen molar-refractivity contribution in [2.24, 2.45) is 7.05 Å². The molecule has 1 saturated heterocycles. The lowest BCUT2D eigenvalue weighted by molar-refractivity contribution is 0.0374. The number of morpholine rings is 1. The Hall–Kier alpha value is -2.19. The highest BCUT2D eigenvalue weighted by molar-refractivity contribution is 6.06. The summed E-state index contributed by atoms with van der Waals surface area (Å²) in [5.74, 6) is 0.116. The number of carbonyl (C=O) groups excluding carboxylic acids is 1. The monoisotopic (exact) mass is 334 g/mol. The highest BCUT2D eigenvalue weighted by Gasteiger charge is 2.22. The Morgan fingerprint density at radius 1 is 1.38 bits per heavy atom. The van der Waals surface area contributed by atoms with Gasteiger partial charge in [0.2, 0.25) is 5.71 Å². The van der Waals surface area contributed by atoms with E-state index >= 15 is 0 Å². The first-order valence-electron chi connectivity index (χ1n) is 8.11. The molecule has 0 bridgehead atoms. The standard InChI is InChI=1S/C16H22N4O4/c1-11-12(13-15(24-11)18-10-19(2)16(13)22)14(21)17-4-3-5-20-6-8-23-9-7-20/h10H,3-9H2,1-2H3,(H,17,21). The molecule has 3 heterocycles. The van der Waals surface area contributed by atoms with Gasteiger partial charge in [-0.2, -0.15) is 0 Å². The summed E-state index contributed by atoms with van der Waals surface area (Å²) in [7, 11) is 1.60. The van der Waals surface area contributed by atoms with Gasteiger partial charge in [-0.05, 0) is 19.9 Å². The second kappa shape index (κ2) is 7.14. The molecule has 0 spiro atoms. The van der Waals surface area contributed by atoms with Gasteiger partial charge in [0.15, 0.2) is 0 Å². The molecule has 0 aliphatic carbocycles. The number of fused-ring (bicyclic) bond motifs is 1. The molecule has 8 nitrogen and oxygen atoms in total. The van der Waals surface area contributed by atoms with Crippen LogP contribution >= 0.6 is 0 Å². The first-order valence-corrected chi connectivity index (χ1v) is 8.11. The third kappa shape index (κ3) is 3.34. The van der Waals surface area contributed by atoms with Crippen molar-refractivity contribution in [2.75, 3.05) is 39.4 Å². The number of aromatic nitrogens is 2. The summed E-state index contributed by atoms with van der Waals surface area (Å²) in [6, 6.07) is 0. The van der Waals surface area contributed by atoms with Crippen molar-refractivity contribution >= 4 is 17.0 Å². The fourth-order valence-electron chi connectivity index (χ4n) is 2.88. The molecule has 0 aromatic carbocycles. The number of hydrogen-bond acceptors (Lipinski definition) is 6.